The van der Waals surface area contributed by atoms with Crippen LogP contribution in [-0.4, -0.2) is 16.9 Å². The van der Waals surface area contributed by atoms with E-state index in [9.17, 15) is 9.59 Å². The summed E-state index contributed by atoms with van der Waals surface area (Å²) < 4.78 is 10.4. The van der Waals surface area contributed by atoms with E-state index in [1.807, 2.05) is 12.1 Å². The highest BCUT2D eigenvalue weighted by Crippen LogP contribution is 2.17. The number of benzene rings is 1. The number of carbonyl (C=O) groups is 2. The van der Waals surface area contributed by atoms with Crippen molar-refractivity contribution in [2.45, 2.75) is 20.0 Å². The summed E-state index contributed by atoms with van der Waals surface area (Å²) in [6.07, 6.45) is 1.71. The Morgan fingerprint density at radius 2 is 1.90 bits per heavy atom. The SMILES string of the molecule is CC(=O)Cc1ccc(OCc2ccoc2C(=O)O)cc1. The molecule has 0 bridgehead atoms. The first-order valence-corrected chi connectivity index (χ1v) is 6.07. The monoisotopic (exact) mass is 274 g/mol. The minimum atomic E-state index is -1.12. The molecule has 104 valence electrons. The Morgan fingerprint density at radius 1 is 1.20 bits per heavy atom. The van der Waals surface area contributed by atoms with Crippen LogP contribution in [0.5, 0.6) is 5.75 Å². The van der Waals surface area contributed by atoms with Crippen molar-refractivity contribution in [3.63, 3.8) is 0 Å². The maximum absolute atomic E-state index is 11.0. The van der Waals surface area contributed by atoms with Crippen molar-refractivity contribution in [3.8, 4) is 5.75 Å². The number of Topliss-reactive ketones (excluding diaryl/α,β-unsaturated/α-hetero) is 1. The first-order valence-electron chi connectivity index (χ1n) is 6.07. The van der Waals surface area contributed by atoms with E-state index < -0.39 is 5.97 Å². The standard InChI is InChI=1S/C15H14O5/c1-10(16)8-11-2-4-13(5-3-11)20-9-12-6-7-19-14(12)15(17)18/h2-7H,8-9H2,1H3,(H,17,18). The molecule has 1 N–H and O–H groups in total. The lowest BCUT2D eigenvalue weighted by molar-refractivity contribution is -0.116. The third-order valence-corrected chi connectivity index (χ3v) is 2.71. The van der Waals surface area contributed by atoms with Crippen LogP contribution in [0.4, 0.5) is 0 Å². The molecule has 0 aliphatic carbocycles. The molecule has 1 aromatic heterocycles. The van der Waals surface area contributed by atoms with Gasteiger partial charge in [0, 0.05) is 12.0 Å². The number of carbonyl (C=O) groups excluding carboxylic acids is 1. The van der Waals surface area contributed by atoms with Crippen LogP contribution in [0.25, 0.3) is 0 Å². The number of carboxylic acids is 1. The fourth-order valence-corrected chi connectivity index (χ4v) is 1.79. The highest BCUT2D eigenvalue weighted by Gasteiger charge is 2.14. The average molecular weight is 274 g/mol. The van der Waals surface area contributed by atoms with Crippen molar-refractivity contribution in [2.24, 2.45) is 0 Å². The quantitative estimate of drug-likeness (QED) is 0.876. The molecule has 0 spiro atoms. The van der Waals surface area contributed by atoms with Crippen LogP contribution in [0.3, 0.4) is 0 Å². The molecule has 2 aromatic rings. The van der Waals surface area contributed by atoms with E-state index in [2.05, 4.69) is 0 Å². The molecule has 0 saturated carbocycles. The van der Waals surface area contributed by atoms with Gasteiger partial charge in [0.1, 0.15) is 18.1 Å². The maximum Gasteiger partial charge on any atom is 0.372 e. The Bertz CT molecular complexity index is 609. The molecule has 5 nitrogen and oxygen atoms in total. The van der Waals surface area contributed by atoms with Crippen molar-refractivity contribution in [2.75, 3.05) is 0 Å². The van der Waals surface area contributed by atoms with E-state index in [1.54, 1.807) is 18.2 Å². The second kappa shape index (κ2) is 6.06. The maximum atomic E-state index is 11.0. The molecule has 0 unspecified atom stereocenters. The van der Waals surface area contributed by atoms with Gasteiger partial charge in [-0.25, -0.2) is 4.79 Å². The summed E-state index contributed by atoms with van der Waals surface area (Å²) in [4.78, 5) is 21.8. The van der Waals surface area contributed by atoms with E-state index in [0.717, 1.165) is 5.56 Å². The third kappa shape index (κ3) is 3.47. The van der Waals surface area contributed by atoms with Gasteiger partial charge in [-0.1, -0.05) is 12.1 Å². The summed E-state index contributed by atoms with van der Waals surface area (Å²) in [5, 5.41) is 8.89. The third-order valence-electron chi connectivity index (χ3n) is 2.71. The molecule has 0 atom stereocenters. The molecule has 2 rings (SSSR count). The Morgan fingerprint density at radius 3 is 2.50 bits per heavy atom. The van der Waals surface area contributed by atoms with Gasteiger partial charge in [-0.05, 0) is 30.7 Å². The first kappa shape index (κ1) is 13.9. The lowest BCUT2D eigenvalue weighted by Crippen LogP contribution is -2.02. The second-order valence-corrected chi connectivity index (χ2v) is 4.39. The Labute approximate surface area is 115 Å². The number of hydrogen-bond donors (Lipinski definition) is 1. The van der Waals surface area contributed by atoms with Gasteiger partial charge in [0.2, 0.25) is 5.76 Å². The largest absolute Gasteiger partial charge is 0.489 e. The van der Waals surface area contributed by atoms with E-state index in [1.165, 1.54) is 13.2 Å². The number of ketones is 1. The van der Waals surface area contributed by atoms with Crippen LogP contribution < -0.4 is 4.74 Å². The number of aromatic carboxylic acids is 1. The summed E-state index contributed by atoms with van der Waals surface area (Å²) >= 11 is 0. The highest BCUT2D eigenvalue weighted by atomic mass is 16.5. The van der Waals surface area contributed by atoms with Gasteiger partial charge in [-0.15, -0.1) is 0 Å². The summed E-state index contributed by atoms with van der Waals surface area (Å²) in [6.45, 7) is 1.65. The number of ether oxygens (including phenoxy) is 1. The zero-order valence-electron chi connectivity index (χ0n) is 11.0. The minimum Gasteiger partial charge on any atom is -0.489 e. The Balaban J connectivity index is 1.98. The molecule has 20 heavy (non-hydrogen) atoms. The molecule has 0 radical (unpaired) electrons. The van der Waals surface area contributed by atoms with Gasteiger partial charge in [0.15, 0.2) is 0 Å². The fraction of sp³-hybridized carbons (Fsp3) is 0.200. The van der Waals surface area contributed by atoms with Crippen LogP contribution >= 0.6 is 0 Å². The summed E-state index contributed by atoms with van der Waals surface area (Å²) in [7, 11) is 0. The smallest absolute Gasteiger partial charge is 0.372 e. The molecular formula is C15H14O5. The zero-order valence-corrected chi connectivity index (χ0v) is 11.0. The van der Waals surface area contributed by atoms with Crippen LogP contribution in [0.15, 0.2) is 41.0 Å². The van der Waals surface area contributed by atoms with E-state index in [4.69, 9.17) is 14.3 Å². The Hall–Kier alpha value is -2.56. The lowest BCUT2D eigenvalue weighted by atomic mass is 10.1. The summed E-state index contributed by atoms with van der Waals surface area (Å²) in [5.74, 6) is -0.526. The molecule has 5 heteroatoms. The molecule has 0 aliphatic heterocycles. The molecule has 0 saturated heterocycles. The lowest BCUT2D eigenvalue weighted by Gasteiger charge is -2.06. The van der Waals surface area contributed by atoms with Gasteiger partial charge in [-0.3, -0.25) is 4.79 Å². The number of hydrogen-bond acceptors (Lipinski definition) is 4. The highest BCUT2D eigenvalue weighted by molar-refractivity contribution is 5.86. The number of rotatable bonds is 6. The second-order valence-electron chi connectivity index (χ2n) is 4.39. The van der Waals surface area contributed by atoms with Crippen molar-refractivity contribution in [3.05, 3.63) is 53.5 Å². The van der Waals surface area contributed by atoms with Gasteiger partial charge in [0.05, 0.1) is 6.26 Å². The van der Waals surface area contributed by atoms with Crippen molar-refractivity contribution in [1.82, 2.24) is 0 Å². The molecular weight excluding hydrogens is 260 g/mol. The zero-order chi connectivity index (χ0) is 14.5. The topological polar surface area (TPSA) is 76.7 Å². The predicted octanol–water partition coefficient (Wildman–Crippen LogP) is 2.69. The molecule has 1 heterocycles. The van der Waals surface area contributed by atoms with Crippen LogP contribution in [0.1, 0.15) is 28.6 Å². The normalized spacial score (nSPS) is 10.2. The number of furan rings is 1. The fourth-order valence-electron chi connectivity index (χ4n) is 1.79. The van der Waals surface area contributed by atoms with Crippen molar-refractivity contribution < 1.29 is 23.8 Å². The predicted molar refractivity (Wildman–Crippen MR) is 70.8 cm³/mol. The van der Waals surface area contributed by atoms with Crippen LogP contribution in [-0.2, 0) is 17.8 Å². The van der Waals surface area contributed by atoms with Crippen molar-refractivity contribution >= 4 is 11.8 Å². The van der Waals surface area contributed by atoms with E-state index in [-0.39, 0.29) is 18.2 Å². The van der Waals surface area contributed by atoms with Crippen LogP contribution in [0.2, 0.25) is 0 Å². The number of carboxylic acid groups (broad SMARTS) is 1. The van der Waals surface area contributed by atoms with Gasteiger partial charge < -0.3 is 14.3 Å². The molecule has 0 fully saturated rings. The molecule has 0 amide bonds. The Kier molecular flexibility index (Phi) is 4.20. The van der Waals surface area contributed by atoms with Gasteiger partial charge in [0.25, 0.3) is 0 Å². The average Bonchev–Trinajstić information content (AvgIpc) is 2.86. The van der Waals surface area contributed by atoms with E-state index >= 15 is 0 Å². The van der Waals surface area contributed by atoms with Gasteiger partial charge in [-0.2, -0.15) is 0 Å². The summed E-state index contributed by atoms with van der Waals surface area (Å²) in [5.41, 5.74) is 1.39. The van der Waals surface area contributed by atoms with Crippen LogP contribution in [0, 0.1) is 0 Å². The minimum absolute atomic E-state index is 0.100. The van der Waals surface area contributed by atoms with Crippen molar-refractivity contribution in [1.29, 1.82) is 0 Å². The molecule has 0 aliphatic rings. The summed E-state index contributed by atoms with van der Waals surface area (Å²) in [6, 6.07) is 8.68. The van der Waals surface area contributed by atoms with Gasteiger partial charge >= 0.3 is 5.97 Å². The molecule has 1 aromatic carbocycles. The van der Waals surface area contributed by atoms with E-state index in [0.29, 0.717) is 17.7 Å². The first-order chi connectivity index (χ1) is 9.56.